The first kappa shape index (κ1) is 8.44. The molecule has 0 saturated heterocycles. The van der Waals surface area contributed by atoms with Gasteiger partial charge in [-0.05, 0) is 25.7 Å². The van der Waals surface area contributed by atoms with Gasteiger partial charge < -0.3 is 5.41 Å². The largest absolute Gasteiger partial charge is 0.312 e. The maximum Gasteiger partial charge on any atom is 0.0417 e. The van der Waals surface area contributed by atoms with Crippen LogP contribution < -0.4 is 0 Å². The van der Waals surface area contributed by atoms with E-state index in [1.165, 1.54) is 19.1 Å². The summed E-state index contributed by atoms with van der Waals surface area (Å²) < 4.78 is 0. The molecule has 1 unspecified atom stereocenters. The van der Waals surface area contributed by atoms with Crippen LogP contribution in [0.2, 0.25) is 0 Å². The maximum absolute atomic E-state index is 7.03. The zero-order valence-electron chi connectivity index (χ0n) is 7.30. The Hall–Kier alpha value is -0.660. The first-order valence-electron chi connectivity index (χ1n) is 4.25. The molecule has 0 spiro atoms. The van der Waals surface area contributed by atoms with Crippen molar-refractivity contribution in [1.29, 1.82) is 5.41 Å². The lowest BCUT2D eigenvalue weighted by Crippen LogP contribution is -2.08. The normalized spacial score (nSPS) is 21.5. The molecule has 1 aliphatic carbocycles. The molecule has 11 heavy (non-hydrogen) atoms. The lowest BCUT2D eigenvalue weighted by molar-refractivity contribution is 0.838. The second kappa shape index (κ2) is 3.65. The van der Waals surface area contributed by atoms with Gasteiger partial charge in [-0.15, -0.1) is 0 Å². The van der Waals surface area contributed by atoms with E-state index >= 15 is 0 Å². The van der Waals surface area contributed by atoms with Crippen LogP contribution in [0, 0.1) is 17.2 Å². The van der Waals surface area contributed by atoms with Crippen LogP contribution in [0.25, 0.3) is 0 Å². The molecule has 0 aromatic carbocycles. The van der Waals surface area contributed by atoms with Gasteiger partial charge in [-0.2, -0.15) is 0 Å². The van der Waals surface area contributed by atoms with Crippen molar-refractivity contribution in [3.05, 3.63) is 0 Å². The smallest absolute Gasteiger partial charge is 0.0417 e. The SMILES string of the molecule is CC(=NCC1CC1)C(C)C=N. The van der Waals surface area contributed by atoms with Crippen LogP contribution in [0.15, 0.2) is 4.99 Å². The number of nitrogens with zero attached hydrogens (tertiary/aromatic N) is 1. The van der Waals surface area contributed by atoms with E-state index in [1.807, 2.05) is 13.8 Å². The molecule has 1 aliphatic rings. The average molecular weight is 152 g/mol. The van der Waals surface area contributed by atoms with Gasteiger partial charge in [-0.1, -0.05) is 6.92 Å². The summed E-state index contributed by atoms with van der Waals surface area (Å²) in [6.07, 6.45) is 4.16. The Kier molecular flexibility index (Phi) is 2.80. The van der Waals surface area contributed by atoms with E-state index in [9.17, 15) is 0 Å². The van der Waals surface area contributed by atoms with Gasteiger partial charge in [0, 0.05) is 24.4 Å². The van der Waals surface area contributed by atoms with Gasteiger partial charge in [0.2, 0.25) is 0 Å². The monoisotopic (exact) mass is 152 g/mol. The maximum atomic E-state index is 7.03. The van der Waals surface area contributed by atoms with Gasteiger partial charge in [0.15, 0.2) is 0 Å². The number of aliphatic imine (C=N–C) groups is 1. The van der Waals surface area contributed by atoms with Crippen molar-refractivity contribution in [1.82, 2.24) is 0 Å². The minimum absolute atomic E-state index is 0.230. The molecule has 0 amide bonds. The zero-order chi connectivity index (χ0) is 8.27. The average Bonchev–Trinajstić information content (AvgIpc) is 2.81. The van der Waals surface area contributed by atoms with Crippen molar-refractivity contribution < 1.29 is 0 Å². The molecule has 0 aliphatic heterocycles. The van der Waals surface area contributed by atoms with E-state index in [4.69, 9.17) is 5.41 Å². The lowest BCUT2D eigenvalue weighted by atomic mass is 10.1. The fourth-order valence-corrected chi connectivity index (χ4v) is 0.838. The number of rotatable bonds is 4. The molecule has 0 aromatic heterocycles. The van der Waals surface area contributed by atoms with Gasteiger partial charge in [0.05, 0.1) is 0 Å². The summed E-state index contributed by atoms with van der Waals surface area (Å²) in [5.41, 5.74) is 1.10. The van der Waals surface area contributed by atoms with Gasteiger partial charge in [-0.25, -0.2) is 0 Å². The summed E-state index contributed by atoms with van der Waals surface area (Å²) in [7, 11) is 0. The highest BCUT2D eigenvalue weighted by Gasteiger charge is 2.20. The summed E-state index contributed by atoms with van der Waals surface area (Å²) >= 11 is 0. The highest BCUT2D eigenvalue weighted by molar-refractivity contribution is 5.95. The Morgan fingerprint density at radius 2 is 2.36 bits per heavy atom. The van der Waals surface area contributed by atoms with Crippen LogP contribution in [0.4, 0.5) is 0 Å². The molecule has 1 atom stereocenters. The summed E-state index contributed by atoms with van der Waals surface area (Å²) in [4.78, 5) is 4.42. The number of hydrogen-bond donors (Lipinski definition) is 1. The van der Waals surface area contributed by atoms with Gasteiger partial charge in [0.25, 0.3) is 0 Å². The van der Waals surface area contributed by atoms with Crippen molar-refractivity contribution >= 4 is 11.9 Å². The second-order valence-corrected chi connectivity index (χ2v) is 3.38. The topological polar surface area (TPSA) is 36.2 Å². The molecule has 0 heterocycles. The van der Waals surface area contributed by atoms with E-state index in [0.29, 0.717) is 0 Å². The molecule has 0 bridgehead atoms. The first-order valence-corrected chi connectivity index (χ1v) is 4.25. The van der Waals surface area contributed by atoms with Crippen molar-refractivity contribution in [3.8, 4) is 0 Å². The third-order valence-corrected chi connectivity index (χ3v) is 2.20. The van der Waals surface area contributed by atoms with Crippen molar-refractivity contribution in [3.63, 3.8) is 0 Å². The minimum Gasteiger partial charge on any atom is -0.312 e. The van der Waals surface area contributed by atoms with Crippen LogP contribution in [-0.2, 0) is 0 Å². The Labute approximate surface area is 68.2 Å². The quantitative estimate of drug-likeness (QED) is 0.599. The Morgan fingerprint density at radius 3 is 2.82 bits per heavy atom. The van der Waals surface area contributed by atoms with Crippen LogP contribution in [-0.4, -0.2) is 18.5 Å². The Morgan fingerprint density at radius 1 is 1.73 bits per heavy atom. The number of nitrogens with one attached hydrogen (secondary N) is 1. The van der Waals surface area contributed by atoms with E-state index in [2.05, 4.69) is 4.99 Å². The molecule has 2 heteroatoms. The Bertz CT molecular complexity index is 168. The highest BCUT2D eigenvalue weighted by atomic mass is 14.8. The van der Waals surface area contributed by atoms with Crippen LogP contribution in [0.1, 0.15) is 26.7 Å². The van der Waals surface area contributed by atoms with Crippen LogP contribution >= 0.6 is 0 Å². The summed E-state index contributed by atoms with van der Waals surface area (Å²) in [6.45, 7) is 5.01. The van der Waals surface area contributed by atoms with Crippen LogP contribution in [0.5, 0.6) is 0 Å². The van der Waals surface area contributed by atoms with E-state index in [0.717, 1.165) is 18.2 Å². The van der Waals surface area contributed by atoms with Crippen LogP contribution in [0.3, 0.4) is 0 Å². The highest BCUT2D eigenvalue weighted by Crippen LogP contribution is 2.28. The predicted octanol–water partition coefficient (Wildman–Crippen LogP) is 2.14. The summed E-state index contributed by atoms with van der Waals surface area (Å²) in [6, 6.07) is 0. The molecular formula is C9H16N2. The van der Waals surface area contributed by atoms with Gasteiger partial charge in [0.1, 0.15) is 0 Å². The minimum atomic E-state index is 0.230. The molecule has 62 valence electrons. The van der Waals surface area contributed by atoms with E-state index < -0.39 is 0 Å². The molecular weight excluding hydrogens is 136 g/mol. The lowest BCUT2D eigenvalue weighted by Gasteiger charge is -2.02. The summed E-state index contributed by atoms with van der Waals surface area (Å²) in [5.74, 6) is 1.09. The predicted molar refractivity (Wildman–Crippen MR) is 48.6 cm³/mol. The third-order valence-electron chi connectivity index (χ3n) is 2.20. The van der Waals surface area contributed by atoms with Gasteiger partial charge >= 0.3 is 0 Å². The molecule has 1 N–H and O–H groups in total. The fourth-order valence-electron chi connectivity index (χ4n) is 0.838. The Balaban J connectivity index is 2.29. The van der Waals surface area contributed by atoms with Crippen molar-refractivity contribution in [2.75, 3.05) is 6.54 Å². The molecule has 0 radical (unpaired) electrons. The number of hydrogen-bond acceptors (Lipinski definition) is 2. The molecule has 1 saturated carbocycles. The zero-order valence-corrected chi connectivity index (χ0v) is 7.30. The third kappa shape index (κ3) is 2.83. The first-order chi connectivity index (χ1) is 5.24. The van der Waals surface area contributed by atoms with Crippen molar-refractivity contribution in [2.45, 2.75) is 26.7 Å². The molecule has 0 aromatic rings. The second-order valence-electron chi connectivity index (χ2n) is 3.38. The molecule has 2 nitrogen and oxygen atoms in total. The van der Waals surface area contributed by atoms with E-state index in [1.54, 1.807) is 0 Å². The standard InChI is InChI=1S/C9H16N2/c1-7(5-10)8(2)11-6-9-3-4-9/h5,7,9-10H,3-4,6H2,1-2H3. The van der Waals surface area contributed by atoms with E-state index in [-0.39, 0.29) is 5.92 Å². The fraction of sp³-hybridized carbons (Fsp3) is 0.778. The van der Waals surface area contributed by atoms with Gasteiger partial charge in [-0.3, -0.25) is 4.99 Å². The molecule has 1 rings (SSSR count). The summed E-state index contributed by atoms with van der Waals surface area (Å²) in [5, 5.41) is 7.03. The van der Waals surface area contributed by atoms with Crippen molar-refractivity contribution in [2.24, 2.45) is 16.8 Å². The molecule has 1 fully saturated rings.